The van der Waals surface area contributed by atoms with Crippen molar-refractivity contribution in [1.82, 2.24) is 9.97 Å². The summed E-state index contributed by atoms with van der Waals surface area (Å²) < 4.78 is 0. The maximum absolute atomic E-state index is 5.03. The number of fused-ring (bicyclic) bond motifs is 3. The molecule has 0 fully saturated rings. The van der Waals surface area contributed by atoms with Crippen LogP contribution in [0.4, 0.5) is 0 Å². The molecule has 2 heteroatoms. The molecule has 6 aromatic carbocycles. The molecule has 0 unspecified atom stereocenters. The summed E-state index contributed by atoms with van der Waals surface area (Å²) in [4.78, 5) is 9.94. The molecule has 50 heavy (non-hydrogen) atoms. The van der Waals surface area contributed by atoms with E-state index in [2.05, 4.69) is 142 Å². The fraction of sp³-hybridized carbons (Fsp3) is 0.0833. The minimum atomic E-state index is 0.00503. The highest BCUT2D eigenvalue weighted by Crippen LogP contribution is 2.49. The molecule has 0 saturated heterocycles. The summed E-state index contributed by atoms with van der Waals surface area (Å²) in [5.74, 6) is 0.697. The quantitative estimate of drug-likeness (QED) is 0.162. The zero-order chi connectivity index (χ0) is 34.2. The van der Waals surface area contributed by atoms with Crippen LogP contribution < -0.4 is 0 Å². The molecular weight excluding hydrogens is 605 g/mol. The van der Waals surface area contributed by atoms with Crippen molar-refractivity contribution in [2.24, 2.45) is 0 Å². The van der Waals surface area contributed by atoms with Crippen LogP contribution in [0.1, 0.15) is 37.6 Å². The van der Waals surface area contributed by atoms with Gasteiger partial charge in [0, 0.05) is 16.5 Å². The summed E-state index contributed by atoms with van der Waals surface area (Å²) in [6.07, 6.45) is 3.89. The first kappa shape index (κ1) is 31.2. The van der Waals surface area contributed by atoms with Crippen molar-refractivity contribution in [1.29, 1.82) is 0 Å². The van der Waals surface area contributed by atoms with E-state index in [0.717, 1.165) is 39.2 Å². The van der Waals surface area contributed by atoms with Gasteiger partial charge in [-0.15, -0.1) is 0 Å². The average molecular weight is 643 g/mol. The van der Waals surface area contributed by atoms with E-state index in [1.165, 1.54) is 44.5 Å². The van der Waals surface area contributed by atoms with Crippen LogP contribution in [-0.4, -0.2) is 9.97 Å². The maximum Gasteiger partial charge on any atom is 0.160 e. The Morgan fingerprint density at radius 2 is 1.02 bits per heavy atom. The summed E-state index contributed by atoms with van der Waals surface area (Å²) in [7, 11) is 0. The van der Waals surface area contributed by atoms with Gasteiger partial charge in [0.15, 0.2) is 5.82 Å². The van der Waals surface area contributed by atoms with Crippen molar-refractivity contribution < 1.29 is 0 Å². The van der Waals surface area contributed by atoms with Crippen LogP contribution in [0, 0.1) is 0 Å². The normalized spacial score (nSPS) is 13.1. The predicted molar refractivity (Wildman–Crippen MR) is 211 cm³/mol. The standard InChI is InChI=1S/C48H38N2/c1-5-32(6-2)45-31-46(50-47(49-45)33-15-8-7-9-16-33)40-22-14-21-38(29-40)36-19-12-17-34(27-36)35-18-13-20-37(28-35)39-25-26-44-42(30-39)41-23-10-11-24-43(41)48(44,3)4/h5-31H,1H2,2-4H3/b32-6+. The molecule has 0 spiro atoms. The first-order chi connectivity index (χ1) is 24.4. The lowest BCUT2D eigenvalue weighted by Crippen LogP contribution is -2.14. The van der Waals surface area contributed by atoms with Gasteiger partial charge in [-0.2, -0.15) is 0 Å². The van der Waals surface area contributed by atoms with Gasteiger partial charge in [0.2, 0.25) is 0 Å². The average Bonchev–Trinajstić information content (AvgIpc) is 3.41. The second kappa shape index (κ2) is 12.7. The monoisotopic (exact) mass is 642 g/mol. The molecule has 1 aliphatic carbocycles. The van der Waals surface area contributed by atoms with Crippen LogP contribution >= 0.6 is 0 Å². The highest BCUT2D eigenvalue weighted by molar-refractivity contribution is 5.86. The van der Waals surface area contributed by atoms with Gasteiger partial charge < -0.3 is 0 Å². The number of hydrogen-bond acceptors (Lipinski definition) is 2. The van der Waals surface area contributed by atoms with Gasteiger partial charge in [-0.1, -0.05) is 154 Å². The Labute approximate surface area is 295 Å². The fourth-order valence-corrected chi connectivity index (χ4v) is 7.34. The van der Waals surface area contributed by atoms with Crippen molar-refractivity contribution in [3.63, 3.8) is 0 Å². The highest BCUT2D eigenvalue weighted by atomic mass is 14.9. The molecule has 0 aliphatic heterocycles. The van der Waals surface area contributed by atoms with E-state index in [9.17, 15) is 0 Å². The minimum Gasteiger partial charge on any atom is -0.228 e. The lowest BCUT2D eigenvalue weighted by molar-refractivity contribution is 0.660. The van der Waals surface area contributed by atoms with Gasteiger partial charge in [-0.25, -0.2) is 9.97 Å². The SMILES string of the molecule is C=C/C(=C\C)c1cc(-c2cccc(-c3cccc(-c4cccc(-c5ccc6c(c5)-c5ccccc5C6(C)C)c4)c3)c2)nc(-c2ccccc2)n1. The van der Waals surface area contributed by atoms with Crippen molar-refractivity contribution in [2.75, 3.05) is 0 Å². The second-order valence-corrected chi connectivity index (χ2v) is 13.4. The Morgan fingerprint density at radius 3 is 1.64 bits per heavy atom. The second-order valence-electron chi connectivity index (χ2n) is 13.4. The summed E-state index contributed by atoms with van der Waals surface area (Å²) in [5.41, 5.74) is 17.3. The molecule has 0 amide bonds. The van der Waals surface area contributed by atoms with Crippen LogP contribution in [0.25, 0.3) is 72.7 Å². The van der Waals surface area contributed by atoms with Gasteiger partial charge >= 0.3 is 0 Å². The Balaban J connectivity index is 1.14. The van der Waals surface area contributed by atoms with Crippen molar-refractivity contribution in [2.45, 2.75) is 26.2 Å². The molecule has 0 radical (unpaired) electrons. The van der Waals surface area contributed by atoms with E-state index in [-0.39, 0.29) is 5.41 Å². The lowest BCUT2D eigenvalue weighted by atomic mass is 9.82. The molecule has 2 nitrogen and oxygen atoms in total. The van der Waals surface area contributed by atoms with Crippen molar-refractivity contribution >= 4 is 5.57 Å². The van der Waals surface area contributed by atoms with Gasteiger partial charge in [0.1, 0.15) is 0 Å². The highest BCUT2D eigenvalue weighted by Gasteiger charge is 2.35. The fourth-order valence-electron chi connectivity index (χ4n) is 7.34. The molecule has 0 atom stereocenters. The smallest absolute Gasteiger partial charge is 0.160 e. The zero-order valence-electron chi connectivity index (χ0n) is 28.7. The number of nitrogens with zero attached hydrogens (tertiary/aromatic N) is 2. The maximum atomic E-state index is 5.03. The molecule has 0 bridgehead atoms. The molecule has 1 aliphatic rings. The van der Waals surface area contributed by atoms with Crippen molar-refractivity contribution in [3.8, 4) is 67.2 Å². The van der Waals surface area contributed by atoms with Crippen LogP contribution in [0.3, 0.4) is 0 Å². The summed E-state index contributed by atoms with van der Waals surface area (Å²) in [6, 6.07) is 54.4. The van der Waals surface area contributed by atoms with Crippen molar-refractivity contribution in [3.05, 3.63) is 187 Å². The number of hydrogen-bond donors (Lipinski definition) is 0. The summed E-state index contributed by atoms with van der Waals surface area (Å²) >= 11 is 0. The minimum absolute atomic E-state index is 0.00503. The molecule has 0 saturated carbocycles. The number of rotatable bonds is 7. The Hall–Kier alpha value is -6.12. The van der Waals surface area contributed by atoms with Crippen LogP contribution in [0.15, 0.2) is 170 Å². The van der Waals surface area contributed by atoms with Gasteiger partial charge in [0.25, 0.3) is 0 Å². The molecule has 8 rings (SSSR count). The van der Waals surface area contributed by atoms with Crippen LogP contribution in [0.5, 0.6) is 0 Å². The van der Waals surface area contributed by atoms with Gasteiger partial charge in [-0.3, -0.25) is 0 Å². The zero-order valence-corrected chi connectivity index (χ0v) is 28.7. The van der Waals surface area contributed by atoms with Crippen LogP contribution in [-0.2, 0) is 5.41 Å². The van der Waals surface area contributed by atoms with E-state index >= 15 is 0 Å². The Morgan fingerprint density at radius 1 is 0.500 bits per heavy atom. The first-order valence-electron chi connectivity index (χ1n) is 17.2. The number of aromatic nitrogens is 2. The number of allylic oxidation sites excluding steroid dienone is 3. The number of benzene rings is 6. The van der Waals surface area contributed by atoms with E-state index in [1.807, 2.05) is 49.4 Å². The van der Waals surface area contributed by atoms with E-state index in [4.69, 9.17) is 9.97 Å². The van der Waals surface area contributed by atoms with Crippen LogP contribution in [0.2, 0.25) is 0 Å². The molecule has 1 heterocycles. The van der Waals surface area contributed by atoms with E-state index in [1.54, 1.807) is 0 Å². The topological polar surface area (TPSA) is 25.8 Å². The largest absolute Gasteiger partial charge is 0.228 e. The van der Waals surface area contributed by atoms with E-state index < -0.39 is 0 Å². The summed E-state index contributed by atoms with van der Waals surface area (Å²) in [6.45, 7) is 10.7. The Bertz CT molecular complexity index is 2430. The summed E-state index contributed by atoms with van der Waals surface area (Å²) in [5, 5.41) is 0. The molecule has 0 N–H and O–H groups in total. The third-order valence-electron chi connectivity index (χ3n) is 10.1. The predicted octanol–water partition coefficient (Wildman–Crippen LogP) is 12.7. The molecular formula is C48H38N2. The molecule has 240 valence electrons. The van der Waals surface area contributed by atoms with Gasteiger partial charge in [0.05, 0.1) is 11.4 Å². The molecule has 7 aromatic rings. The Kier molecular flexibility index (Phi) is 7.93. The van der Waals surface area contributed by atoms with E-state index in [0.29, 0.717) is 5.82 Å². The lowest BCUT2D eigenvalue weighted by Gasteiger charge is -2.21. The van der Waals surface area contributed by atoms with Gasteiger partial charge in [-0.05, 0) is 98.5 Å². The third-order valence-corrected chi connectivity index (χ3v) is 10.1. The third kappa shape index (κ3) is 5.59. The first-order valence-corrected chi connectivity index (χ1v) is 17.2. The molecule has 1 aromatic heterocycles.